The number of hydrogen-bond acceptors (Lipinski definition) is 5. The molecule has 29 heavy (non-hydrogen) atoms. The van der Waals surface area contributed by atoms with Crippen molar-refractivity contribution in [2.45, 2.75) is 36.9 Å². The molecule has 1 amide bonds. The molecule has 6 nitrogen and oxygen atoms in total. The van der Waals surface area contributed by atoms with Gasteiger partial charge in [-0.3, -0.25) is 14.2 Å². The topological polar surface area (TPSA) is 58.4 Å². The fourth-order valence-electron chi connectivity index (χ4n) is 4.54. The number of thioether (sulfide) groups is 1. The molecule has 1 fully saturated rings. The van der Waals surface area contributed by atoms with Crippen LogP contribution in [0.15, 0.2) is 34.2 Å². The van der Waals surface area contributed by atoms with Crippen molar-refractivity contribution in [1.82, 2.24) is 14.5 Å². The van der Waals surface area contributed by atoms with Crippen molar-refractivity contribution >= 4 is 35.0 Å². The predicted octanol–water partition coefficient (Wildman–Crippen LogP) is 2.77. The van der Waals surface area contributed by atoms with E-state index in [1.165, 1.54) is 0 Å². The average Bonchev–Trinajstić information content (AvgIpc) is 3.36. The standard InChI is InChI=1S/C21H23ClN4O2S/c22-16-5-1-2-7-18(16)24-8-10-25(11-9-24)19(27)12-14-13-29-21-23-17-6-3-4-15(17)20(28)26(14)21/h1-2,5,7,14H,3-4,6,8-13H2. The molecule has 1 atom stereocenters. The normalized spacial score (nSPS) is 20.7. The van der Waals surface area contributed by atoms with Crippen LogP contribution in [0.3, 0.4) is 0 Å². The molecule has 3 aliphatic rings. The number of fused-ring (bicyclic) bond motifs is 2. The Morgan fingerprint density at radius 1 is 1.17 bits per heavy atom. The number of amides is 1. The van der Waals surface area contributed by atoms with Crippen molar-refractivity contribution in [2.24, 2.45) is 0 Å². The molecular weight excluding hydrogens is 408 g/mol. The highest BCUT2D eigenvalue weighted by molar-refractivity contribution is 7.99. The summed E-state index contributed by atoms with van der Waals surface area (Å²) in [5.74, 6) is 0.867. The Hall–Kier alpha value is -1.99. The van der Waals surface area contributed by atoms with Crippen LogP contribution in [0.5, 0.6) is 0 Å². The summed E-state index contributed by atoms with van der Waals surface area (Å²) in [5, 5.41) is 1.53. The van der Waals surface area contributed by atoms with Gasteiger partial charge in [0, 0.05) is 43.9 Å². The number of benzene rings is 1. The SMILES string of the molecule is O=C(CC1CSc2nc3c(c(=O)n21)CCC3)N1CCN(c2ccccc2Cl)CC1. The summed E-state index contributed by atoms with van der Waals surface area (Å²) < 4.78 is 1.78. The van der Waals surface area contributed by atoms with Gasteiger partial charge in [0.15, 0.2) is 5.16 Å². The van der Waals surface area contributed by atoms with Gasteiger partial charge >= 0.3 is 0 Å². The highest BCUT2D eigenvalue weighted by Crippen LogP contribution is 2.34. The zero-order valence-electron chi connectivity index (χ0n) is 16.1. The molecule has 2 aliphatic heterocycles. The van der Waals surface area contributed by atoms with Gasteiger partial charge in [0.25, 0.3) is 5.56 Å². The lowest BCUT2D eigenvalue weighted by atomic mass is 10.1. The second-order valence-electron chi connectivity index (χ2n) is 7.84. The Morgan fingerprint density at radius 3 is 2.76 bits per heavy atom. The van der Waals surface area contributed by atoms with Crippen molar-refractivity contribution in [1.29, 1.82) is 0 Å². The van der Waals surface area contributed by atoms with Crippen LogP contribution < -0.4 is 10.5 Å². The Balaban J connectivity index is 1.25. The summed E-state index contributed by atoms with van der Waals surface area (Å²) in [4.78, 5) is 34.7. The molecule has 1 aliphatic carbocycles. The van der Waals surface area contributed by atoms with E-state index in [1.807, 2.05) is 29.2 Å². The highest BCUT2D eigenvalue weighted by atomic mass is 35.5. The first kappa shape index (κ1) is 19.0. The van der Waals surface area contributed by atoms with E-state index in [9.17, 15) is 9.59 Å². The van der Waals surface area contributed by atoms with Crippen LogP contribution >= 0.6 is 23.4 Å². The van der Waals surface area contributed by atoms with Crippen molar-refractivity contribution in [3.8, 4) is 0 Å². The average molecular weight is 431 g/mol. The van der Waals surface area contributed by atoms with Crippen LogP contribution in [-0.4, -0.2) is 52.3 Å². The van der Waals surface area contributed by atoms with Crippen LogP contribution in [0, 0.1) is 0 Å². The van der Waals surface area contributed by atoms with E-state index in [2.05, 4.69) is 4.90 Å². The predicted molar refractivity (Wildman–Crippen MR) is 115 cm³/mol. The van der Waals surface area contributed by atoms with Crippen LogP contribution in [0.2, 0.25) is 5.02 Å². The molecule has 0 N–H and O–H groups in total. The fourth-order valence-corrected chi connectivity index (χ4v) is 5.95. The van der Waals surface area contributed by atoms with Crippen LogP contribution in [-0.2, 0) is 17.6 Å². The summed E-state index contributed by atoms with van der Waals surface area (Å²) in [6.07, 6.45) is 3.09. The molecule has 2 aromatic rings. The number of piperazine rings is 1. The number of aryl methyl sites for hydroxylation is 1. The summed E-state index contributed by atoms with van der Waals surface area (Å²) in [6, 6.07) is 7.73. The molecule has 0 saturated carbocycles. The summed E-state index contributed by atoms with van der Waals surface area (Å²) in [5.41, 5.74) is 2.93. The van der Waals surface area contributed by atoms with Gasteiger partial charge in [-0.05, 0) is 31.4 Å². The quantitative estimate of drug-likeness (QED) is 0.701. The lowest BCUT2D eigenvalue weighted by molar-refractivity contribution is -0.132. The number of rotatable bonds is 3. The van der Waals surface area contributed by atoms with Gasteiger partial charge in [-0.25, -0.2) is 4.98 Å². The largest absolute Gasteiger partial charge is 0.367 e. The minimum absolute atomic E-state index is 0.0776. The number of anilines is 1. The van der Waals surface area contributed by atoms with Crippen molar-refractivity contribution < 1.29 is 4.79 Å². The Morgan fingerprint density at radius 2 is 1.97 bits per heavy atom. The van der Waals surface area contributed by atoms with Gasteiger partial charge in [0.05, 0.1) is 22.4 Å². The lowest BCUT2D eigenvalue weighted by Gasteiger charge is -2.37. The summed E-state index contributed by atoms with van der Waals surface area (Å²) >= 11 is 7.91. The number of para-hydroxylation sites is 1. The van der Waals surface area contributed by atoms with Gasteiger partial charge in [-0.2, -0.15) is 0 Å². The molecule has 1 aromatic carbocycles. The van der Waals surface area contributed by atoms with E-state index < -0.39 is 0 Å². The number of carbonyl (C=O) groups excluding carboxylic acids is 1. The first-order valence-corrected chi connectivity index (χ1v) is 11.5. The van der Waals surface area contributed by atoms with Crippen LogP contribution in [0.25, 0.3) is 0 Å². The molecule has 0 bridgehead atoms. The molecule has 152 valence electrons. The van der Waals surface area contributed by atoms with E-state index in [0.29, 0.717) is 19.5 Å². The van der Waals surface area contributed by atoms with Gasteiger partial charge in [0.1, 0.15) is 0 Å². The lowest BCUT2D eigenvalue weighted by Crippen LogP contribution is -2.49. The molecule has 0 radical (unpaired) electrons. The Bertz CT molecular complexity index is 1020. The van der Waals surface area contributed by atoms with E-state index in [-0.39, 0.29) is 17.5 Å². The number of halogens is 1. The third kappa shape index (κ3) is 3.44. The molecule has 3 heterocycles. The number of nitrogens with zero attached hydrogens (tertiary/aromatic N) is 4. The van der Waals surface area contributed by atoms with E-state index in [0.717, 1.165) is 65.2 Å². The Labute approximate surface area is 178 Å². The van der Waals surface area contributed by atoms with Crippen LogP contribution in [0.1, 0.15) is 30.1 Å². The Kier molecular flexibility index (Phi) is 5.04. The van der Waals surface area contributed by atoms with Gasteiger partial charge in [0.2, 0.25) is 5.91 Å². The summed E-state index contributed by atoms with van der Waals surface area (Å²) in [7, 11) is 0. The van der Waals surface area contributed by atoms with Gasteiger partial charge < -0.3 is 9.80 Å². The molecular formula is C21H23ClN4O2S. The fraction of sp³-hybridized carbons (Fsp3) is 0.476. The second kappa shape index (κ2) is 7.69. The van der Waals surface area contributed by atoms with Crippen LogP contribution in [0.4, 0.5) is 5.69 Å². The number of aromatic nitrogens is 2. The molecule has 1 unspecified atom stereocenters. The smallest absolute Gasteiger partial charge is 0.257 e. The monoisotopic (exact) mass is 430 g/mol. The van der Waals surface area contributed by atoms with Crippen molar-refractivity contribution in [3.63, 3.8) is 0 Å². The zero-order chi connectivity index (χ0) is 20.0. The van der Waals surface area contributed by atoms with E-state index >= 15 is 0 Å². The van der Waals surface area contributed by atoms with Gasteiger partial charge in [-0.1, -0.05) is 35.5 Å². The number of carbonyl (C=O) groups is 1. The first-order chi connectivity index (χ1) is 14.1. The molecule has 8 heteroatoms. The second-order valence-corrected chi connectivity index (χ2v) is 9.23. The minimum atomic E-state index is -0.0880. The molecule has 0 spiro atoms. The third-order valence-corrected chi connectivity index (χ3v) is 7.53. The van der Waals surface area contributed by atoms with Crippen molar-refractivity contribution in [3.05, 3.63) is 50.9 Å². The highest BCUT2D eigenvalue weighted by Gasteiger charge is 2.32. The summed E-state index contributed by atoms with van der Waals surface area (Å²) in [6.45, 7) is 2.88. The minimum Gasteiger partial charge on any atom is -0.367 e. The van der Waals surface area contributed by atoms with E-state index in [1.54, 1.807) is 16.3 Å². The van der Waals surface area contributed by atoms with E-state index in [4.69, 9.17) is 16.6 Å². The van der Waals surface area contributed by atoms with Gasteiger partial charge in [-0.15, -0.1) is 0 Å². The molecule has 1 saturated heterocycles. The zero-order valence-corrected chi connectivity index (χ0v) is 17.7. The maximum atomic E-state index is 13.0. The first-order valence-electron chi connectivity index (χ1n) is 10.2. The number of hydrogen-bond donors (Lipinski definition) is 0. The van der Waals surface area contributed by atoms with Crippen molar-refractivity contribution in [2.75, 3.05) is 36.8 Å². The molecule has 1 aromatic heterocycles. The maximum absolute atomic E-state index is 13.0. The third-order valence-electron chi connectivity index (χ3n) is 6.11. The molecule has 5 rings (SSSR count). The maximum Gasteiger partial charge on any atom is 0.257 e.